The molecule has 1 fully saturated rings. The minimum atomic E-state index is -4.89. The number of hydrogen-bond acceptors (Lipinski definition) is 5. The van der Waals surface area contributed by atoms with Crippen LogP contribution in [0.1, 0.15) is 49.5 Å². The Morgan fingerprint density at radius 1 is 1.00 bits per heavy atom. The third-order valence-electron chi connectivity index (χ3n) is 6.85. The zero-order valence-corrected chi connectivity index (χ0v) is 21.3. The Bertz CT molecular complexity index is 1490. The summed E-state index contributed by atoms with van der Waals surface area (Å²) in [5.41, 5.74) is 1.78. The molecule has 1 aliphatic carbocycles. The Balaban J connectivity index is 1.60. The van der Waals surface area contributed by atoms with Crippen molar-refractivity contribution >= 4 is 5.97 Å². The zero-order valence-electron chi connectivity index (χ0n) is 21.3. The van der Waals surface area contributed by atoms with Crippen LogP contribution in [0, 0.1) is 0 Å². The minimum absolute atomic E-state index is 0.102. The Labute approximate surface area is 223 Å². The molecule has 0 radical (unpaired) electrons. The molecule has 0 spiro atoms. The van der Waals surface area contributed by atoms with Crippen LogP contribution in [0.25, 0.3) is 22.4 Å². The third-order valence-corrected chi connectivity index (χ3v) is 6.85. The summed E-state index contributed by atoms with van der Waals surface area (Å²) in [6, 6.07) is 20.6. The highest BCUT2D eigenvalue weighted by atomic mass is 19.4. The van der Waals surface area contributed by atoms with Gasteiger partial charge in [-0.2, -0.15) is 0 Å². The van der Waals surface area contributed by atoms with Gasteiger partial charge in [0.25, 0.3) is 0 Å². The average Bonchev–Trinajstić information content (AvgIpc) is 3.61. The number of carboxylic acids is 1. The van der Waals surface area contributed by atoms with E-state index in [1.54, 1.807) is 12.1 Å². The Kier molecular flexibility index (Phi) is 6.84. The Morgan fingerprint density at radius 3 is 2.31 bits per heavy atom. The molecule has 3 aromatic carbocycles. The topological polar surface area (TPSA) is 81.8 Å². The highest BCUT2D eigenvalue weighted by molar-refractivity contribution is 5.88. The average molecular weight is 538 g/mol. The number of hydrogen-bond donors (Lipinski definition) is 1. The first-order valence-electron chi connectivity index (χ1n) is 12.5. The molecule has 0 saturated heterocycles. The second-order valence-corrected chi connectivity index (χ2v) is 9.80. The lowest BCUT2D eigenvalue weighted by atomic mass is 9.91. The van der Waals surface area contributed by atoms with Crippen molar-refractivity contribution in [2.45, 2.75) is 51.0 Å². The van der Waals surface area contributed by atoms with E-state index in [1.165, 1.54) is 18.2 Å². The summed E-state index contributed by atoms with van der Waals surface area (Å²) in [6.07, 6.45) is -3.93. The number of ether oxygens (including phenoxy) is 2. The molecule has 4 aromatic rings. The molecule has 39 heavy (non-hydrogen) atoms. The van der Waals surface area contributed by atoms with E-state index in [4.69, 9.17) is 9.26 Å². The van der Waals surface area contributed by atoms with Crippen LogP contribution in [-0.2, 0) is 16.8 Å². The summed E-state index contributed by atoms with van der Waals surface area (Å²) in [7, 11) is 0. The van der Waals surface area contributed by atoms with Gasteiger partial charge in [-0.3, -0.25) is 4.79 Å². The number of carboxylic acid groups (broad SMARTS) is 1. The van der Waals surface area contributed by atoms with Gasteiger partial charge in [-0.25, -0.2) is 0 Å². The summed E-state index contributed by atoms with van der Waals surface area (Å²) < 4.78 is 55.7. The van der Waals surface area contributed by atoms with E-state index < -0.39 is 23.5 Å². The minimum Gasteiger partial charge on any atom is -0.488 e. The van der Waals surface area contributed by atoms with Crippen molar-refractivity contribution in [3.05, 3.63) is 89.7 Å². The van der Waals surface area contributed by atoms with E-state index in [0.29, 0.717) is 41.0 Å². The van der Waals surface area contributed by atoms with Gasteiger partial charge < -0.3 is 19.1 Å². The third kappa shape index (κ3) is 5.21. The van der Waals surface area contributed by atoms with Crippen LogP contribution in [0.15, 0.2) is 77.3 Å². The normalized spacial score (nSPS) is 14.3. The van der Waals surface area contributed by atoms with E-state index in [0.717, 1.165) is 5.56 Å². The summed E-state index contributed by atoms with van der Waals surface area (Å²) in [5, 5.41) is 14.1. The fourth-order valence-corrected chi connectivity index (χ4v) is 4.78. The first kappa shape index (κ1) is 26.3. The maximum Gasteiger partial charge on any atom is 0.573 e. The van der Waals surface area contributed by atoms with E-state index in [9.17, 15) is 23.1 Å². The van der Waals surface area contributed by atoms with Gasteiger partial charge >= 0.3 is 12.3 Å². The van der Waals surface area contributed by atoms with Gasteiger partial charge in [0, 0.05) is 22.6 Å². The van der Waals surface area contributed by atoms with Crippen LogP contribution >= 0.6 is 0 Å². The lowest BCUT2D eigenvalue weighted by Crippen LogP contribution is -2.21. The lowest BCUT2D eigenvalue weighted by molar-refractivity contribution is -0.274. The molecule has 6 nitrogen and oxygen atoms in total. The standard InChI is InChI=1S/C30H26F3NO5/c1-18(2)26-22(25(34-39-26)21-11-6-7-14-24(21)38-30(31,32)33)17-37-27-20(19-9-4-3-5-10-19)12-8-13-23(27)29(15-16-29)28(35)36/h3-14,18H,15-17H2,1-2H3,(H,35,36). The van der Waals surface area contributed by atoms with Gasteiger partial charge in [0.2, 0.25) is 0 Å². The molecule has 1 saturated carbocycles. The fourth-order valence-electron chi connectivity index (χ4n) is 4.78. The SMILES string of the molecule is CC(C)c1onc(-c2ccccc2OC(F)(F)F)c1COc1c(-c2ccccc2)cccc1C1(C(=O)O)CC1. The number of aromatic nitrogens is 1. The van der Waals surface area contributed by atoms with E-state index in [1.807, 2.05) is 56.3 Å². The Hall–Kier alpha value is -4.27. The van der Waals surface area contributed by atoms with Crippen molar-refractivity contribution in [3.8, 4) is 33.9 Å². The first-order valence-corrected chi connectivity index (χ1v) is 12.5. The lowest BCUT2D eigenvalue weighted by Gasteiger charge is -2.20. The molecule has 5 rings (SSSR count). The van der Waals surface area contributed by atoms with Gasteiger partial charge in [-0.1, -0.05) is 79.7 Å². The van der Waals surface area contributed by atoms with E-state index in [2.05, 4.69) is 9.89 Å². The number of alkyl halides is 3. The largest absolute Gasteiger partial charge is 0.573 e. The maximum atomic E-state index is 13.1. The van der Waals surface area contributed by atoms with Crippen molar-refractivity contribution < 1.29 is 37.1 Å². The van der Waals surface area contributed by atoms with Crippen LogP contribution in [0.2, 0.25) is 0 Å². The molecule has 0 aliphatic heterocycles. The highest BCUT2D eigenvalue weighted by Gasteiger charge is 2.53. The molecule has 1 aliphatic rings. The number of rotatable bonds is 9. The Morgan fingerprint density at radius 2 is 1.67 bits per heavy atom. The van der Waals surface area contributed by atoms with Gasteiger partial charge in [0.05, 0.1) is 11.0 Å². The van der Waals surface area contributed by atoms with Crippen LogP contribution < -0.4 is 9.47 Å². The molecule has 9 heteroatoms. The van der Waals surface area contributed by atoms with Gasteiger partial charge in [-0.05, 0) is 30.5 Å². The summed E-state index contributed by atoms with van der Waals surface area (Å²) in [6.45, 7) is 3.64. The van der Waals surface area contributed by atoms with Crippen LogP contribution in [0.5, 0.6) is 11.5 Å². The molecule has 0 atom stereocenters. The van der Waals surface area contributed by atoms with Crippen molar-refractivity contribution in [2.75, 3.05) is 0 Å². The molecule has 202 valence electrons. The summed E-state index contributed by atoms with van der Waals surface area (Å²) in [5.74, 6) is -0.638. The second-order valence-electron chi connectivity index (χ2n) is 9.80. The van der Waals surface area contributed by atoms with Crippen molar-refractivity contribution in [1.82, 2.24) is 5.16 Å². The summed E-state index contributed by atoms with van der Waals surface area (Å²) >= 11 is 0. The van der Waals surface area contributed by atoms with E-state index >= 15 is 0 Å². The molecule has 0 unspecified atom stereocenters. The highest BCUT2D eigenvalue weighted by Crippen LogP contribution is 2.53. The zero-order chi connectivity index (χ0) is 27.8. The molecular weight excluding hydrogens is 511 g/mol. The van der Waals surface area contributed by atoms with Crippen molar-refractivity contribution in [3.63, 3.8) is 0 Å². The molecule has 1 aromatic heterocycles. The van der Waals surface area contributed by atoms with Crippen molar-refractivity contribution in [2.24, 2.45) is 0 Å². The van der Waals surface area contributed by atoms with Crippen LogP contribution in [0.4, 0.5) is 13.2 Å². The van der Waals surface area contributed by atoms with Gasteiger partial charge in [0.15, 0.2) is 0 Å². The monoisotopic (exact) mass is 537 g/mol. The van der Waals surface area contributed by atoms with Gasteiger partial charge in [0.1, 0.15) is 29.6 Å². The molecule has 1 N–H and O–H groups in total. The molecule has 0 amide bonds. The molecule has 0 bridgehead atoms. The maximum absolute atomic E-state index is 13.1. The van der Waals surface area contributed by atoms with Crippen LogP contribution in [0.3, 0.4) is 0 Å². The number of aliphatic carboxylic acids is 1. The predicted octanol–water partition coefficient (Wildman–Crippen LogP) is 7.73. The van der Waals surface area contributed by atoms with Gasteiger partial charge in [-0.15, -0.1) is 13.2 Å². The quantitative estimate of drug-likeness (QED) is 0.235. The number of carbonyl (C=O) groups is 1. The number of halogens is 3. The first-order chi connectivity index (χ1) is 18.6. The number of benzene rings is 3. The predicted molar refractivity (Wildman–Crippen MR) is 137 cm³/mol. The van der Waals surface area contributed by atoms with Crippen molar-refractivity contribution in [1.29, 1.82) is 0 Å². The second kappa shape index (κ2) is 10.1. The molecular formula is C30H26F3NO5. The van der Waals surface area contributed by atoms with E-state index in [-0.39, 0.29) is 23.8 Å². The smallest absolute Gasteiger partial charge is 0.488 e. The molecule has 1 heterocycles. The summed E-state index contributed by atoms with van der Waals surface area (Å²) in [4.78, 5) is 12.3. The van der Waals surface area contributed by atoms with Crippen LogP contribution in [-0.4, -0.2) is 22.6 Å². The number of nitrogens with zero attached hydrogens (tertiary/aromatic N) is 1. The fraction of sp³-hybridized carbons (Fsp3) is 0.267. The number of para-hydroxylation sites is 2.